The molecule has 1 aromatic carbocycles. The van der Waals surface area contributed by atoms with Crippen molar-refractivity contribution in [2.24, 2.45) is 5.73 Å². The van der Waals surface area contributed by atoms with E-state index in [2.05, 4.69) is 42.4 Å². The molecule has 0 aliphatic heterocycles. The fourth-order valence-electron chi connectivity index (χ4n) is 1.83. The van der Waals surface area contributed by atoms with Crippen LogP contribution in [0, 0.1) is 13.8 Å². The summed E-state index contributed by atoms with van der Waals surface area (Å²) < 4.78 is 0. The molecule has 84 valence electrons. The predicted molar refractivity (Wildman–Crippen MR) is 68.7 cm³/mol. The van der Waals surface area contributed by atoms with Crippen LogP contribution in [0.2, 0.25) is 0 Å². The summed E-state index contributed by atoms with van der Waals surface area (Å²) >= 11 is 1.64. The summed E-state index contributed by atoms with van der Waals surface area (Å²) in [6.45, 7) is 4.84. The molecule has 16 heavy (non-hydrogen) atoms. The Labute approximate surface area is 100 Å². The van der Waals surface area contributed by atoms with E-state index in [1.165, 1.54) is 16.7 Å². The maximum atomic E-state index is 5.56. The smallest absolute Gasteiger partial charge is 0.106 e. The van der Waals surface area contributed by atoms with Crippen LogP contribution in [0.25, 0.3) is 0 Å². The SMILES string of the molecule is Cc1cccc(C)c1Cc1csc(CN)n1. The number of thiazole rings is 1. The summed E-state index contributed by atoms with van der Waals surface area (Å²) in [6, 6.07) is 6.40. The van der Waals surface area contributed by atoms with Crippen molar-refractivity contribution in [3.05, 3.63) is 51.0 Å². The molecule has 0 radical (unpaired) electrons. The van der Waals surface area contributed by atoms with E-state index in [1.807, 2.05) is 0 Å². The maximum absolute atomic E-state index is 5.56. The Kier molecular flexibility index (Phi) is 3.36. The summed E-state index contributed by atoms with van der Waals surface area (Å²) in [4.78, 5) is 4.50. The highest BCUT2D eigenvalue weighted by molar-refractivity contribution is 7.09. The molecule has 2 aromatic rings. The third kappa shape index (κ3) is 2.31. The Morgan fingerprint density at radius 3 is 2.50 bits per heavy atom. The first kappa shape index (κ1) is 11.3. The first-order valence-electron chi connectivity index (χ1n) is 5.39. The highest BCUT2D eigenvalue weighted by Gasteiger charge is 2.06. The summed E-state index contributed by atoms with van der Waals surface area (Å²) in [5.74, 6) is 0. The fraction of sp³-hybridized carbons (Fsp3) is 0.308. The summed E-state index contributed by atoms with van der Waals surface area (Å²) in [6.07, 6.45) is 0.912. The van der Waals surface area contributed by atoms with E-state index in [0.717, 1.165) is 17.1 Å². The van der Waals surface area contributed by atoms with Crippen LogP contribution in [0.4, 0.5) is 0 Å². The Morgan fingerprint density at radius 1 is 1.25 bits per heavy atom. The molecule has 0 bridgehead atoms. The predicted octanol–water partition coefficient (Wildman–Crippen LogP) is 2.81. The minimum atomic E-state index is 0.539. The van der Waals surface area contributed by atoms with Gasteiger partial charge in [-0.3, -0.25) is 0 Å². The Bertz CT molecular complexity index is 468. The van der Waals surface area contributed by atoms with Crippen molar-refractivity contribution in [2.75, 3.05) is 0 Å². The van der Waals surface area contributed by atoms with Gasteiger partial charge in [0.05, 0.1) is 5.69 Å². The molecule has 0 saturated carbocycles. The lowest BCUT2D eigenvalue weighted by molar-refractivity contribution is 0.986. The van der Waals surface area contributed by atoms with Crippen molar-refractivity contribution in [1.82, 2.24) is 4.98 Å². The number of hydrogen-bond donors (Lipinski definition) is 1. The minimum absolute atomic E-state index is 0.539. The average molecular weight is 232 g/mol. The number of rotatable bonds is 3. The Balaban J connectivity index is 2.26. The van der Waals surface area contributed by atoms with Crippen LogP contribution in [-0.2, 0) is 13.0 Å². The quantitative estimate of drug-likeness (QED) is 0.883. The lowest BCUT2D eigenvalue weighted by Gasteiger charge is -2.07. The molecule has 0 spiro atoms. The van der Waals surface area contributed by atoms with Gasteiger partial charge in [-0.25, -0.2) is 4.98 Å². The number of benzene rings is 1. The number of nitrogens with two attached hydrogens (primary N) is 1. The van der Waals surface area contributed by atoms with Gasteiger partial charge in [-0.15, -0.1) is 11.3 Å². The highest BCUT2D eigenvalue weighted by Crippen LogP contribution is 2.19. The third-order valence-corrected chi connectivity index (χ3v) is 3.70. The van der Waals surface area contributed by atoms with Gasteiger partial charge in [0.2, 0.25) is 0 Å². The van der Waals surface area contributed by atoms with Gasteiger partial charge in [0.1, 0.15) is 5.01 Å². The van der Waals surface area contributed by atoms with Crippen molar-refractivity contribution in [1.29, 1.82) is 0 Å². The lowest BCUT2D eigenvalue weighted by Crippen LogP contribution is -1.98. The molecule has 1 heterocycles. The van der Waals surface area contributed by atoms with Crippen molar-refractivity contribution >= 4 is 11.3 Å². The lowest BCUT2D eigenvalue weighted by atomic mass is 9.99. The molecule has 2 N–H and O–H groups in total. The van der Waals surface area contributed by atoms with Crippen LogP contribution >= 0.6 is 11.3 Å². The topological polar surface area (TPSA) is 38.9 Å². The molecule has 0 fully saturated rings. The molecule has 0 amide bonds. The Hall–Kier alpha value is -1.19. The zero-order valence-electron chi connectivity index (χ0n) is 9.66. The molecule has 2 rings (SSSR count). The van der Waals surface area contributed by atoms with Crippen LogP contribution < -0.4 is 5.73 Å². The van der Waals surface area contributed by atoms with Crippen LogP contribution in [-0.4, -0.2) is 4.98 Å². The molecule has 0 unspecified atom stereocenters. The molecule has 0 atom stereocenters. The normalized spacial score (nSPS) is 10.7. The molecule has 2 nitrogen and oxygen atoms in total. The number of aryl methyl sites for hydroxylation is 2. The molecular weight excluding hydrogens is 216 g/mol. The van der Waals surface area contributed by atoms with Gasteiger partial charge >= 0.3 is 0 Å². The van der Waals surface area contributed by atoms with E-state index in [1.54, 1.807) is 11.3 Å². The second-order valence-electron chi connectivity index (χ2n) is 3.98. The first-order chi connectivity index (χ1) is 7.70. The highest BCUT2D eigenvalue weighted by atomic mass is 32.1. The zero-order chi connectivity index (χ0) is 11.5. The zero-order valence-corrected chi connectivity index (χ0v) is 10.5. The first-order valence-corrected chi connectivity index (χ1v) is 6.27. The molecule has 0 aliphatic rings. The van der Waals surface area contributed by atoms with Crippen molar-refractivity contribution in [3.63, 3.8) is 0 Å². The van der Waals surface area contributed by atoms with Gasteiger partial charge in [0.15, 0.2) is 0 Å². The van der Waals surface area contributed by atoms with Crippen molar-refractivity contribution in [3.8, 4) is 0 Å². The van der Waals surface area contributed by atoms with Crippen molar-refractivity contribution < 1.29 is 0 Å². The summed E-state index contributed by atoms with van der Waals surface area (Å²) in [5, 5.41) is 3.12. The fourth-order valence-corrected chi connectivity index (χ4v) is 2.51. The average Bonchev–Trinajstić information content (AvgIpc) is 2.71. The van der Waals surface area contributed by atoms with Gasteiger partial charge in [-0.1, -0.05) is 18.2 Å². The summed E-state index contributed by atoms with van der Waals surface area (Å²) in [7, 11) is 0. The second-order valence-corrected chi connectivity index (χ2v) is 4.93. The standard InChI is InChI=1S/C13H16N2S/c1-9-4-3-5-10(2)12(9)6-11-8-16-13(7-14)15-11/h3-5,8H,6-7,14H2,1-2H3. The van der Waals surface area contributed by atoms with Crippen LogP contribution in [0.5, 0.6) is 0 Å². The van der Waals surface area contributed by atoms with E-state index >= 15 is 0 Å². The van der Waals surface area contributed by atoms with Crippen LogP contribution in [0.15, 0.2) is 23.6 Å². The van der Waals surface area contributed by atoms with Gasteiger partial charge < -0.3 is 5.73 Å². The van der Waals surface area contributed by atoms with E-state index < -0.39 is 0 Å². The van der Waals surface area contributed by atoms with E-state index in [0.29, 0.717) is 6.54 Å². The third-order valence-electron chi connectivity index (χ3n) is 2.78. The van der Waals surface area contributed by atoms with Crippen molar-refractivity contribution in [2.45, 2.75) is 26.8 Å². The number of aromatic nitrogens is 1. The van der Waals surface area contributed by atoms with Gasteiger partial charge in [-0.2, -0.15) is 0 Å². The molecular formula is C13H16N2S. The number of hydrogen-bond acceptors (Lipinski definition) is 3. The van der Waals surface area contributed by atoms with Gasteiger partial charge in [0, 0.05) is 18.3 Å². The minimum Gasteiger partial charge on any atom is -0.325 e. The maximum Gasteiger partial charge on any atom is 0.106 e. The largest absolute Gasteiger partial charge is 0.325 e. The van der Waals surface area contributed by atoms with E-state index in [4.69, 9.17) is 5.73 Å². The Morgan fingerprint density at radius 2 is 1.94 bits per heavy atom. The van der Waals surface area contributed by atoms with E-state index in [9.17, 15) is 0 Å². The second kappa shape index (κ2) is 4.76. The van der Waals surface area contributed by atoms with Crippen LogP contribution in [0.3, 0.4) is 0 Å². The molecule has 1 aromatic heterocycles. The summed E-state index contributed by atoms with van der Waals surface area (Å²) in [5.41, 5.74) is 10.7. The molecule has 0 saturated heterocycles. The monoisotopic (exact) mass is 232 g/mol. The molecule has 0 aliphatic carbocycles. The number of nitrogens with zero attached hydrogens (tertiary/aromatic N) is 1. The van der Waals surface area contributed by atoms with Gasteiger partial charge in [0.25, 0.3) is 0 Å². The van der Waals surface area contributed by atoms with Crippen LogP contribution in [0.1, 0.15) is 27.4 Å². The van der Waals surface area contributed by atoms with E-state index in [-0.39, 0.29) is 0 Å². The molecule has 3 heteroatoms. The van der Waals surface area contributed by atoms with Gasteiger partial charge in [-0.05, 0) is 30.5 Å².